The van der Waals surface area contributed by atoms with Gasteiger partial charge in [0.2, 0.25) is 0 Å². The molecular weight excluding hydrogens is 247 g/mol. The first kappa shape index (κ1) is 17.2. The van der Waals surface area contributed by atoms with E-state index in [-0.39, 0.29) is 5.92 Å². The zero-order valence-electron chi connectivity index (χ0n) is 11.2. The van der Waals surface area contributed by atoms with Crippen LogP contribution in [0.5, 0.6) is 0 Å². The van der Waals surface area contributed by atoms with Crippen molar-refractivity contribution in [3.8, 4) is 0 Å². The Morgan fingerprint density at radius 1 is 1.28 bits per heavy atom. The molecule has 0 bridgehead atoms. The van der Waals surface area contributed by atoms with E-state index >= 15 is 0 Å². The molecule has 0 aliphatic heterocycles. The number of hydrogen-bond donors (Lipinski definition) is 1. The predicted octanol–water partition coefficient (Wildman–Crippen LogP) is 4.54. The van der Waals surface area contributed by atoms with Crippen molar-refractivity contribution in [1.29, 1.82) is 0 Å². The van der Waals surface area contributed by atoms with Crippen LogP contribution in [0.15, 0.2) is 38.0 Å². The SMILES string of the molecule is C=CCC(CCC)C(CC=C)(CC=C)O[P+](=O)O. The Morgan fingerprint density at radius 3 is 2.17 bits per heavy atom. The van der Waals surface area contributed by atoms with Crippen molar-refractivity contribution in [3.05, 3.63) is 38.0 Å². The van der Waals surface area contributed by atoms with Crippen molar-refractivity contribution in [1.82, 2.24) is 0 Å². The van der Waals surface area contributed by atoms with Crippen LogP contribution in [-0.2, 0) is 9.09 Å². The van der Waals surface area contributed by atoms with Crippen LogP contribution >= 0.6 is 8.25 Å². The fourth-order valence-electron chi connectivity index (χ4n) is 2.36. The standard InChI is InChI=1S/C14H23O3P/c1-5-9-13(10-6-2)14(11-7-3,12-8-4)17-18(15)16/h5,7-8,13H,1,3-4,6,9-12H2,2H3/p+1. The first-order valence-corrected chi connectivity index (χ1v) is 7.37. The van der Waals surface area contributed by atoms with Crippen LogP contribution in [-0.4, -0.2) is 10.5 Å². The highest BCUT2D eigenvalue weighted by Crippen LogP contribution is 2.42. The minimum absolute atomic E-state index is 0.141. The molecule has 1 N–H and O–H groups in total. The van der Waals surface area contributed by atoms with Crippen molar-refractivity contribution in [2.75, 3.05) is 0 Å². The third-order valence-electron chi connectivity index (χ3n) is 3.07. The summed E-state index contributed by atoms with van der Waals surface area (Å²) in [6.45, 7) is 13.3. The van der Waals surface area contributed by atoms with Gasteiger partial charge in [0, 0.05) is 4.57 Å². The highest BCUT2D eigenvalue weighted by atomic mass is 31.1. The monoisotopic (exact) mass is 271 g/mol. The lowest BCUT2D eigenvalue weighted by Gasteiger charge is -2.33. The lowest BCUT2D eigenvalue weighted by molar-refractivity contribution is 0.00727. The molecule has 0 amide bonds. The van der Waals surface area contributed by atoms with Gasteiger partial charge in [0.05, 0.1) is 0 Å². The average Bonchev–Trinajstić information content (AvgIpc) is 2.28. The molecule has 0 fully saturated rings. The molecule has 0 saturated carbocycles. The van der Waals surface area contributed by atoms with Gasteiger partial charge in [0.15, 0.2) is 0 Å². The predicted molar refractivity (Wildman–Crippen MR) is 76.5 cm³/mol. The van der Waals surface area contributed by atoms with Crippen molar-refractivity contribution < 1.29 is 14.0 Å². The summed E-state index contributed by atoms with van der Waals surface area (Å²) < 4.78 is 16.5. The first-order valence-electron chi connectivity index (χ1n) is 6.24. The van der Waals surface area contributed by atoms with Gasteiger partial charge in [-0.05, 0) is 31.6 Å². The minimum Gasteiger partial charge on any atom is -0.133 e. The largest absolute Gasteiger partial charge is 0.695 e. The summed E-state index contributed by atoms with van der Waals surface area (Å²) >= 11 is 0. The van der Waals surface area contributed by atoms with Gasteiger partial charge in [-0.15, -0.1) is 29.2 Å². The number of allylic oxidation sites excluding steroid dienone is 1. The second-order valence-corrected chi connectivity index (χ2v) is 5.05. The molecule has 2 atom stereocenters. The summed E-state index contributed by atoms with van der Waals surface area (Å²) in [5.41, 5.74) is -0.699. The Balaban J connectivity index is 5.28. The van der Waals surface area contributed by atoms with E-state index < -0.39 is 13.9 Å². The molecule has 0 saturated heterocycles. The summed E-state index contributed by atoms with van der Waals surface area (Å²) in [7, 11) is -2.65. The zero-order chi connectivity index (χ0) is 14.0. The van der Waals surface area contributed by atoms with Crippen molar-refractivity contribution >= 4 is 8.25 Å². The molecule has 18 heavy (non-hydrogen) atoms. The van der Waals surface area contributed by atoms with Crippen LogP contribution in [0.4, 0.5) is 0 Å². The van der Waals surface area contributed by atoms with E-state index in [2.05, 4.69) is 26.7 Å². The highest BCUT2D eigenvalue weighted by Gasteiger charge is 2.44. The molecular formula is C14H24O3P+. The maximum Gasteiger partial charge on any atom is 0.695 e. The summed E-state index contributed by atoms with van der Waals surface area (Å²) in [5, 5.41) is 0. The second kappa shape index (κ2) is 9.21. The van der Waals surface area contributed by atoms with Gasteiger partial charge < -0.3 is 0 Å². The summed E-state index contributed by atoms with van der Waals surface area (Å²) in [6, 6.07) is 0. The average molecular weight is 271 g/mol. The third-order valence-corrected chi connectivity index (χ3v) is 3.59. The van der Waals surface area contributed by atoms with Crippen molar-refractivity contribution in [3.63, 3.8) is 0 Å². The van der Waals surface area contributed by atoms with Crippen molar-refractivity contribution in [2.24, 2.45) is 5.92 Å². The molecule has 0 rings (SSSR count). The van der Waals surface area contributed by atoms with E-state index in [0.717, 1.165) is 19.3 Å². The molecule has 102 valence electrons. The van der Waals surface area contributed by atoms with Gasteiger partial charge in [-0.1, -0.05) is 31.6 Å². The molecule has 0 heterocycles. The lowest BCUT2D eigenvalue weighted by Crippen LogP contribution is -2.38. The van der Waals surface area contributed by atoms with E-state index in [9.17, 15) is 4.57 Å². The number of hydrogen-bond acceptors (Lipinski definition) is 2. The third kappa shape index (κ3) is 5.26. The van der Waals surface area contributed by atoms with E-state index in [0.29, 0.717) is 12.8 Å². The normalized spacial score (nSPS) is 13.8. The second-order valence-electron chi connectivity index (χ2n) is 4.39. The molecule has 0 radical (unpaired) electrons. The smallest absolute Gasteiger partial charge is 0.133 e. The molecule has 0 aromatic rings. The van der Waals surface area contributed by atoms with Crippen LogP contribution in [0.3, 0.4) is 0 Å². The zero-order valence-corrected chi connectivity index (χ0v) is 12.1. The molecule has 0 spiro atoms. The van der Waals surface area contributed by atoms with Crippen LogP contribution in [0.1, 0.15) is 39.0 Å². The van der Waals surface area contributed by atoms with Gasteiger partial charge in [-0.2, -0.15) is 0 Å². The van der Waals surface area contributed by atoms with Gasteiger partial charge in [0.1, 0.15) is 5.60 Å². The van der Waals surface area contributed by atoms with E-state index in [1.807, 2.05) is 6.08 Å². The molecule has 0 aromatic heterocycles. The fraction of sp³-hybridized carbons (Fsp3) is 0.571. The quantitative estimate of drug-likeness (QED) is 0.443. The first-order chi connectivity index (χ1) is 8.56. The Morgan fingerprint density at radius 2 is 1.83 bits per heavy atom. The van der Waals surface area contributed by atoms with Gasteiger partial charge in [-0.3, -0.25) is 0 Å². The Bertz CT molecular complexity index is 289. The van der Waals surface area contributed by atoms with Gasteiger partial charge in [0.25, 0.3) is 0 Å². The Kier molecular flexibility index (Phi) is 8.82. The Labute approximate surface area is 111 Å². The minimum atomic E-state index is -2.65. The van der Waals surface area contributed by atoms with Crippen LogP contribution in [0, 0.1) is 5.92 Å². The van der Waals surface area contributed by atoms with Crippen molar-refractivity contribution in [2.45, 2.75) is 44.6 Å². The van der Waals surface area contributed by atoms with Crippen LogP contribution in [0.2, 0.25) is 0 Å². The molecule has 2 unspecified atom stereocenters. The summed E-state index contributed by atoms with van der Waals surface area (Å²) in [5.74, 6) is 0.141. The molecule has 3 nitrogen and oxygen atoms in total. The van der Waals surface area contributed by atoms with Gasteiger partial charge in [-0.25, -0.2) is 0 Å². The highest BCUT2D eigenvalue weighted by molar-refractivity contribution is 7.32. The molecule has 0 aliphatic carbocycles. The Hall–Kier alpha value is -0.760. The maximum atomic E-state index is 11.1. The summed E-state index contributed by atoms with van der Waals surface area (Å²) in [6.07, 6.45) is 8.99. The molecule has 0 aliphatic rings. The number of rotatable bonds is 11. The van der Waals surface area contributed by atoms with Crippen LogP contribution < -0.4 is 0 Å². The van der Waals surface area contributed by atoms with E-state index in [1.54, 1.807) is 12.2 Å². The van der Waals surface area contributed by atoms with E-state index in [1.165, 1.54) is 0 Å². The van der Waals surface area contributed by atoms with Crippen LogP contribution in [0.25, 0.3) is 0 Å². The molecule has 0 aromatic carbocycles. The van der Waals surface area contributed by atoms with E-state index in [4.69, 9.17) is 9.42 Å². The fourth-order valence-corrected chi connectivity index (χ4v) is 2.96. The topological polar surface area (TPSA) is 46.5 Å². The summed E-state index contributed by atoms with van der Waals surface area (Å²) in [4.78, 5) is 9.12. The maximum absolute atomic E-state index is 11.1. The van der Waals surface area contributed by atoms with Gasteiger partial charge >= 0.3 is 8.25 Å². The lowest BCUT2D eigenvalue weighted by atomic mass is 9.77. The molecule has 4 heteroatoms.